The molecule has 0 atom stereocenters. The van der Waals surface area contributed by atoms with Gasteiger partial charge in [-0.1, -0.05) is 72.8 Å². The van der Waals surface area contributed by atoms with Crippen molar-refractivity contribution in [3.63, 3.8) is 0 Å². The van der Waals surface area contributed by atoms with Gasteiger partial charge in [-0.25, -0.2) is 0 Å². The lowest BCUT2D eigenvalue weighted by molar-refractivity contribution is 1.33. The molecule has 4 aromatic rings. The second-order valence-corrected chi connectivity index (χ2v) is 8.22. The van der Waals surface area contributed by atoms with Crippen molar-refractivity contribution >= 4 is 23.0 Å². The van der Waals surface area contributed by atoms with E-state index in [0.717, 1.165) is 11.4 Å². The van der Waals surface area contributed by atoms with E-state index in [9.17, 15) is 0 Å². The van der Waals surface area contributed by atoms with Gasteiger partial charge in [0, 0.05) is 11.4 Å². The summed E-state index contributed by atoms with van der Waals surface area (Å²) in [5, 5.41) is 3.55. The van der Waals surface area contributed by atoms with E-state index in [0.29, 0.717) is 0 Å². The van der Waals surface area contributed by atoms with Crippen LogP contribution in [-0.2, 0) is 0 Å². The second kappa shape index (κ2) is 9.06. The zero-order valence-electron chi connectivity index (χ0n) is 18.7. The third-order valence-electron chi connectivity index (χ3n) is 6.01. The van der Waals surface area contributed by atoms with Crippen LogP contribution in [0, 0.1) is 27.7 Å². The molecule has 0 radical (unpaired) electrons. The van der Waals surface area contributed by atoms with Gasteiger partial charge in [-0.15, -0.1) is 0 Å². The van der Waals surface area contributed by atoms with Crippen LogP contribution in [0.2, 0.25) is 0 Å². The molecule has 0 saturated carbocycles. The van der Waals surface area contributed by atoms with Crippen molar-refractivity contribution in [2.75, 3.05) is 5.32 Å². The van der Waals surface area contributed by atoms with Gasteiger partial charge in [0.2, 0.25) is 0 Å². The molecule has 0 aliphatic heterocycles. The molecule has 0 unspecified atom stereocenters. The third-order valence-corrected chi connectivity index (χ3v) is 6.01. The number of rotatable bonds is 5. The van der Waals surface area contributed by atoms with Gasteiger partial charge in [-0.2, -0.15) is 0 Å². The summed E-state index contributed by atoms with van der Waals surface area (Å²) in [6.07, 6.45) is 2.28. The molecule has 0 spiro atoms. The van der Waals surface area contributed by atoms with Crippen molar-refractivity contribution in [2.24, 2.45) is 0 Å². The maximum absolute atomic E-state index is 3.55. The molecular formula is C30H29N. The number of nitrogens with one attached hydrogen (secondary N) is 1. The fourth-order valence-corrected chi connectivity index (χ4v) is 3.73. The molecule has 0 amide bonds. The summed E-state index contributed by atoms with van der Waals surface area (Å²) in [5.74, 6) is 0. The van der Waals surface area contributed by atoms with Gasteiger partial charge in [0.25, 0.3) is 0 Å². The van der Waals surface area contributed by atoms with E-state index in [4.69, 9.17) is 0 Å². The van der Waals surface area contributed by atoms with Gasteiger partial charge in [-0.05, 0) is 96.5 Å². The summed E-state index contributed by atoms with van der Waals surface area (Å²) in [4.78, 5) is 0. The topological polar surface area (TPSA) is 12.0 Å². The molecule has 154 valence electrons. The Kier molecular flexibility index (Phi) is 6.04. The molecule has 4 rings (SSSR count). The van der Waals surface area contributed by atoms with Crippen LogP contribution in [0.3, 0.4) is 0 Å². The van der Waals surface area contributed by atoms with E-state index in [1.807, 2.05) is 0 Å². The molecule has 0 aliphatic rings. The van der Waals surface area contributed by atoms with Gasteiger partial charge in [0.1, 0.15) is 0 Å². The minimum Gasteiger partial charge on any atom is -0.355 e. The minimum atomic E-state index is 1.10. The van der Waals surface area contributed by atoms with Crippen LogP contribution in [-0.4, -0.2) is 0 Å². The standard InChI is InChI=1S/C30H29N/c1-21-13-16-27(19-23(21)3)29(26-10-6-5-7-11-26)20-25-14-17-28(18-15-25)31-30-12-8-9-22(2)24(30)4/h5-20,31H,1-4H3/b29-20+. The van der Waals surface area contributed by atoms with Gasteiger partial charge >= 0.3 is 0 Å². The van der Waals surface area contributed by atoms with Crippen molar-refractivity contribution < 1.29 is 0 Å². The highest BCUT2D eigenvalue weighted by Crippen LogP contribution is 2.29. The number of benzene rings is 4. The number of hydrogen-bond donors (Lipinski definition) is 1. The fourth-order valence-electron chi connectivity index (χ4n) is 3.73. The molecule has 0 fully saturated rings. The van der Waals surface area contributed by atoms with E-state index < -0.39 is 0 Å². The Morgan fingerprint density at radius 3 is 2.06 bits per heavy atom. The summed E-state index contributed by atoms with van der Waals surface area (Å²) in [6.45, 7) is 8.64. The first kappa shape index (κ1) is 20.7. The van der Waals surface area contributed by atoms with Crippen LogP contribution in [0.4, 0.5) is 11.4 Å². The minimum absolute atomic E-state index is 1.10. The molecule has 0 bridgehead atoms. The summed E-state index contributed by atoms with van der Waals surface area (Å²) >= 11 is 0. The smallest absolute Gasteiger partial charge is 0.0416 e. The normalized spacial score (nSPS) is 11.4. The maximum atomic E-state index is 3.55. The quantitative estimate of drug-likeness (QED) is 0.331. The molecule has 0 saturated heterocycles. The number of anilines is 2. The van der Waals surface area contributed by atoms with Crippen molar-refractivity contribution in [2.45, 2.75) is 27.7 Å². The van der Waals surface area contributed by atoms with Gasteiger partial charge < -0.3 is 5.32 Å². The monoisotopic (exact) mass is 403 g/mol. The highest BCUT2D eigenvalue weighted by atomic mass is 14.9. The average molecular weight is 404 g/mol. The Balaban J connectivity index is 1.67. The summed E-state index contributed by atoms with van der Waals surface area (Å²) in [7, 11) is 0. The summed E-state index contributed by atoms with van der Waals surface area (Å²) in [5.41, 5.74) is 12.3. The van der Waals surface area contributed by atoms with Crippen molar-refractivity contribution in [1.29, 1.82) is 0 Å². The van der Waals surface area contributed by atoms with Crippen LogP contribution in [0.15, 0.2) is 91.0 Å². The van der Waals surface area contributed by atoms with E-state index in [-0.39, 0.29) is 0 Å². The lowest BCUT2D eigenvalue weighted by Crippen LogP contribution is -1.95. The van der Waals surface area contributed by atoms with Crippen LogP contribution in [0.1, 0.15) is 38.9 Å². The Bertz CT molecular complexity index is 1220. The molecule has 1 nitrogen and oxygen atoms in total. The van der Waals surface area contributed by atoms with Crippen LogP contribution in [0.5, 0.6) is 0 Å². The lowest BCUT2D eigenvalue weighted by atomic mass is 9.93. The first-order chi connectivity index (χ1) is 15.0. The van der Waals surface area contributed by atoms with Gasteiger partial charge in [0.15, 0.2) is 0 Å². The Hall–Kier alpha value is -3.58. The molecular weight excluding hydrogens is 374 g/mol. The Labute approximate surface area is 186 Å². The summed E-state index contributed by atoms with van der Waals surface area (Å²) in [6, 6.07) is 32.4. The largest absolute Gasteiger partial charge is 0.355 e. The fraction of sp³-hybridized carbons (Fsp3) is 0.133. The Morgan fingerprint density at radius 2 is 1.35 bits per heavy atom. The molecule has 1 N–H and O–H groups in total. The third kappa shape index (κ3) is 4.78. The predicted molar refractivity (Wildman–Crippen MR) is 135 cm³/mol. The summed E-state index contributed by atoms with van der Waals surface area (Å²) < 4.78 is 0. The Morgan fingerprint density at radius 1 is 0.613 bits per heavy atom. The van der Waals surface area contributed by atoms with E-state index >= 15 is 0 Å². The zero-order valence-corrected chi connectivity index (χ0v) is 18.7. The molecule has 0 aromatic heterocycles. The van der Waals surface area contributed by atoms with Crippen LogP contribution >= 0.6 is 0 Å². The molecule has 1 heteroatoms. The van der Waals surface area contributed by atoms with Crippen molar-refractivity contribution in [1.82, 2.24) is 0 Å². The van der Waals surface area contributed by atoms with E-state index in [1.165, 1.54) is 44.5 Å². The lowest BCUT2D eigenvalue weighted by Gasteiger charge is -2.13. The molecule has 31 heavy (non-hydrogen) atoms. The second-order valence-electron chi connectivity index (χ2n) is 8.22. The zero-order chi connectivity index (χ0) is 21.8. The highest BCUT2D eigenvalue weighted by Gasteiger charge is 2.07. The van der Waals surface area contributed by atoms with Crippen molar-refractivity contribution in [3.05, 3.63) is 130 Å². The average Bonchev–Trinajstić information content (AvgIpc) is 2.79. The molecule has 0 aliphatic carbocycles. The molecule has 0 heterocycles. The first-order valence-corrected chi connectivity index (χ1v) is 10.8. The van der Waals surface area contributed by atoms with Crippen LogP contribution < -0.4 is 5.32 Å². The van der Waals surface area contributed by atoms with Gasteiger partial charge in [-0.3, -0.25) is 0 Å². The van der Waals surface area contributed by atoms with E-state index in [1.54, 1.807) is 0 Å². The first-order valence-electron chi connectivity index (χ1n) is 10.8. The van der Waals surface area contributed by atoms with E-state index in [2.05, 4.69) is 130 Å². The predicted octanol–water partition coefficient (Wildman–Crippen LogP) is 8.25. The number of aryl methyl sites for hydroxylation is 3. The van der Waals surface area contributed by atoms with Crippen molar-refractivity contribution in [3.8, 4) is 0 Å². The maximum Gasteiger partial charge on any atom is 0.0416 e. The SMILES string of the molecule is Cc1ccc(/C(=C/c2ccc(Nc3cccc(C)c3C)cc2)c2ccccc2)cc1C. The highest BCUT2D eigenvalue weighted by molar-refractivity contribution is 5.91. The molecule has 4 aromatic carbocycles. The number of hydrogen-bond acceptors (Lipinski definition) is 1. The van der Waals surface area contributed by atoms with Crippen LogP contribution in [0.25, 0.3) is 11.6 Å². The van der Waals surface area contributed by atoms with Gasteiger partial charge in [0.05, 0.1) is 0 Å².